The Balaban J connectivity index is 2.97. The van der Waals surface area contributed by atoms with Crippen LogP contribution < -0.4 is 0 Å². The first-order valence-electron chi connectivity index (χ1n) is 4.30. The SMILES string of the molecule is Cc1ccnnc1C#C[Si](C)(C)C. The highest BCUT2D eigenvalue weighted by atomic mass is 28.3. The highest BCUT2D eigenvalue weighted by Gasteiger charge is 2.07. The van der Waals surface area contributed by atoms with Gasteiger partial charge in [0, 0.05) is 6.20 Å². The lowest BCUT2D eigenvalue weighted by molar-refractivity contribution is 0.996. The Morgan fingerprint density at radius 3 is 2.54 bits per heavy atom. The van der Waals surface area contributed by atoms with E-state index < -0.39 is 8.07 Å². The number of hydrogen-bond acceptors (Lipinski definition) is 2. The van der Waals surface area contributed by atoms with Crippen LogP contribution in [0.3, 0.4) is 0 Å². The van der Waals surface area contributed by atoms with Gasteiger partial charge in [0.2, 0.25) is 0 Å². The lowest BCUT2D eigenvalue weighted by Gasteiger charge is -2.03. The molecule has 0 N–H and O–H groups in total. The van der Waals surface area contributed by atoms with Gasteiger partial charge >= 0.3 is 0 Å². The van der Waals surface area contributed by atoms with Crippen LogP contribution >= 0.6 is 0 Å². The van der Waals surface area contributed by atoms with E-state index in [0.717, 1.165) is 11.3 Å². The van der Waals surface area contributed by atoms with Gasteiger partial charge in [-0.3, -0.25) is 0 Å². The van der Waals surface area contributed by atoms with E-state index in [1.807, 2.05) is 13.0 Å². The third-order valence-electron chi connectivity index (χ3n) is 1.48. The van der Waals surface area contributed by atoms with Crippen molar-refractivity contribution in [3.05, 3.63) is 23.5 Å². The van der Waals surface area contributed by atoms with Gasteiger partial charge in [-0.15, -0.1) is 10.6 Å². The maximum atomic E-state index is 3.98. The van der Waals surface area contributed by atoms with Crippen molar-refractivity contribution >= 4 is 8.07 Å². The van der Waals surface area contributed by atoms with E-state index in [9.17, 15) is 0 Å². The average molecular weight is 190 g/mol. The van der Waals surface area contributed by atoms with Gasteiger partial charge in [0.1, 0.15) is 13.8 Å². The van der Waals surface area contributed by atoms with E-state index in [0.29, 0.717) is 0 Å². The quantitative estimate of drug-likeness (QED) is 0.462. The minimum absolute atomic E-state index is 0.810. The van der Waals surface area contributed by atoms with Crippen LogP contribution in [0.2, 0.25) is 19.6 Å². The first kappa shape index (κ1) is 9.94. The third kappa shape index (κ3) is 3.39. The van der Waals surface area contributed by atoms with Gasteiger partial charge in [-0.25, -0.2) is 0 Å². The second kappa shape index (κ2) is 3.71. The number of aromatic nitrogens is 2. The average Bonchev–Trinajstić information content (AvgIpc) is 2.01. The van der Waals surface area contributed by atoms with Crippen LogP contribution in [0.25, 0.3) is 0 Å². The highest BCUT2D eigenvalue weighted by Crippen LogP contribution is 2.01. The van der Waals surface area contributed by atoms with E-state index in [4.69, 9.17) is 0 Å². The van der Waals surface area contributed by atoms with Gasteiger partial charge in [-0.1, -0.05) is 25.6 Å². The molecule has 0 amide bonds. The number of nitrogens with zero attached hydrogens (tertiary/aromatic N) is 2. The molecule has 0 fully saturated rings. The van der Waals surface area contributed by atoms with Gasteiger partial charge in [0.15, 0.2) is 0 Å². The Labute approximate surface area is 80.4 Å². The van der Waals surface area contributed by atoms with Crippen molar-refractivity contribution in [1.29, 1.82) is 0 Å². The first-order valence-corrected chi connectivity index (χ1v) is 7.80. The predicted octanol–water partition coefficient (Wildman–Crippen LogP) is 2.01. The fourth-order valence-electron chi connectivity index (χ4n) is 0.764. The van der Waals surface area contributed by atoms with Gasteiger partial charge < -0.3 is 0 Å². The number of aryl methyl sites for hydroxylation is 1. The minimum atomic E-state index is -1.29. The number of rotatable bonds is 0. The second-order valence-corrected chi connectivity index (χ2v) is 8.81. The molecule has 0 saturated carbocycles. The molecule has 13 heavy (non-hydrogen) atoms. The summed E-state index contributed by atoms with van der Waals surface area (Å²) >= 11 is 0. The predicted molar refractivity (Wildman–Crippen MR) is 57.0 cm³/mol. The minimum Gasteiger partial charge on any atom is -0.158 e. The molecular weight excluding hydrogens is 176 g/mol. The Bertz CT molecular complexity index is 355. The van der Waals surface area contributed by atoms with Crippen LogP contribution in [-0.4, -0.2) is 18.3 Å². The van der Waals surface area contributed by atoms with Crippen LogP contribution in [0.5, 0.6) is 0 Å². The van der Waals surface area contributed by atoms with Crippen molar-refractivity contribution in [3.63, 3.8) is 0 Å². The summed E-state index contributed by atoms with van der Waals surface area (Å²) in [5, 5.41) is 7.79. The first-order chi connectivity index (χ1) is 5.99. The van der Waals surface area contributed by atoms with Crippen molar-refractivity contribution in [1.82, 2.24) is 10.2 Å². The van der Waals surface area contributed by atoms with Crippen LogP contribution in [0.15, 0.2) is 12.3 Å². The standard InChI is InChI=1S/C10H14N2Si/c1-9-5-7-11-12-10(9)6-8-13(2,3)4/h5,7H,1-4H3. The molecule has 0 saturated heterocycles. The number of hydrogen-bond donors (Lipinski definition) is 0. The molecule has 0 aromatic carbocycles. The molecule has 68 valence electrons. The summed E-state index contributed by atoms with van der Waals surface area (Å²) in [6.07, 6.45) is 1.69. The Morgan fingerprint density at radius 1 is 1.31 bits per heavy atom. The van der Waals surface area contributed by atoms with Crippen molar-refractivity contribution in [2.75, 3.05) is 0 Å². The van der Waals surface area contributed by atoms with E-state index in [2.05, 4.69) is 41.3 Å². The zero-order valence-electron chi connectivity index (χ0n) is 8.55. The lowest BCUT2D eigenvalue weighted by Crippen LogP contribution is -2.16. The van der Waals surface area contributed by atoms with Crippen LogP contribution in [0, 0.1) is 18.4 Å². The lowest BCUT2D eigenvalue weighted by atomic mass is 10.2. The maximum Gasteiger partial charge on any atom is 0.138 e. The molecule has 0 radical (unpaired) electrons. The molecule has 0 aliphatic rings. The molecular formula is C10H14N2Si. The summed E-state index contributed by atoms with van der Waals surface area (Å²) in [6, 6.07) is 1.93. The van der Waals surface area contributed by atoms with Crippen molar-refractivity contribution in [3.8, 4) is 11.5 Å². The second-order valence-electron chi connectivity index (χ2n) is 4.06. The smallest absolute Gasteiger partial charge is 0.138 e. The van der Waals surface area contributed by atoms with Crippen LogP contribution in [0.4, 0.5) is 0 Å². The van der Waals surface area contributed by atoms with E-state index >= 15 is 0 Å². The van der Waals surface area contributed by atoms with Crippen molar-refractivity contribution < 1.29 is 0 Å². The molecule has 1 heterocycles. The topological polar surface area (TPSA) is 25.8 Å². The van der Waals surface area contributed by atoms with Gasteiger partial charge in [0.25, 0.3) is 0 Å². The fraction of sp³-hybridized carbons (Fsp3) is 0.400. The van der Waals surface area contributed by atoms with Crippen LogP contribution in [0.1, 0.15) is 11.3 Å². The molecule has 0 aliphatic carbocycles. The van der Waals surface area contributed by atoms with Gasteiger partial charge in [-0.05, 0) is 18.6 Å². The molecule has 2 nitrogen and oxygen atoms in total. The highest BCUT2D eigenvalue weighted by molar-refractivity contribution is 6.83. The fourth-order valence-corrected chi connectivity index (χ4v) is 1.26. The zero-order chi connectivity index (χ0) is 9.90. The van der Waals surface area contributed by atoms with E-state index in [-0.39, 0.29) is 0 Å². The molecule has 0 bridgehead atoms. The summed E-state index contributed by atoms with van der Waals surface area (Å²) in [4.78, 5) is 0. The molecule has 1 aromatic heterocycles. The van der Waals surface area contributed by atoms with Crippen LogP contribution in [-0.2, 0) is 0 Å². The summed E-state index contributed by atoms with van der Waals surface area (Å²) in [7, 11) is -1.29. The Morgan fingerprint density at radius 2 is 2.00 bits per heavy atom. The maximum absolute atomic E-state index is 3.98. The summed E-state index contributed by atoms with van der Waals surface area (Å²) < 4.78 is 0. The molecule has 0 atom stereocenters. The normalized spacial score (nSPS) is 10.5. The monoisotopic (exact) mass is 190 g/mol. The molecule has 1 rings (SSSR count). The summed E-state index contributed by atoms with van der Waals surface area (Å²) in [6.45, 7) is 8.64. The molecule has 0 unspecified atom stereocenters. The largest absolute Gasteiger partial charge is 0.158 e. The van der Waals surface area contributed by atoms with Crippen molar-refractivity contribution in [2.45, 2.75) is 26.6 Å². The Kier molecular flexibility index (Phi) is 2.84. The summed E-state index contributed by atoms with van der Waals surface area (Å²) in [5.41, 5.74) is 5.17. The molecule has 0 spiro atoms. The third-order valence-corrected chi connectivity index (χ3v) is 2.35. The van der Waals surface area contributed by atoms with Crippen molar-refractivity contribution in [2.24, 2.45) is 0 Å². The Hall–Kier alpha value is -1.14. The molecule has 3 heteroatoms. The summed E-state index contributed by atoms with van der Waals surface area (Å²) in [5.74, 6) is 3.09. The van der Waals surface area contributed by atoms with Gasteiger partial charge in [0.05, 0.1) is 0 Å². The molecule has 1 aromatic rings. The van der Waals surface area contributed by atoms with E-state index in [1.165, 1.54) is 0 Å². The van der Waals surface area contributed by atoms with Gasteiger partial charge in [-0.2, -0.15) is 5.10 Å². The van der Waals surface area contributed by atoms with E-state index in [1.54, 1.807) is 6.20 Å². The zero-order valence-corrected chi connectivity index (χ0v) is 9.55. The molecule has 0 aliphatic heterocycles.